The second-order valence-electron chi connectivity index (χ2n) is 5.14. The smallest absolute Gasteiger partial charge is 0.0646 e. The number of hydrogen-bond acceptors (Lipinski definition) is 2. The molecule has 1 aliphatic rings. The van der Waals surface area contributed by atoms with Crippen molar-refractivity contribution in [3.8, 4) is 0 Å². The Bertz CT molecular complexity index is 367. The van der Waals surface area contributed by atoms with E-state index in [1.807, 2.05) is 0 Å². The van der Waals surface area contributed by atoms with Gasteiger partial charge >= 0.3 is 0 Å². The minimum atomic E-state index is 0.165. The first-order valence-corrected chi connectivity index (χ1v) is 5.98. The first kappa shape index (κ1) is 11.6. The van der Waals surface area contributed by atoms with E-state index in [-0.39, 0.29) is 5.54 Å². The Morgan fingerprint density at radius 1 is 1.31 bits per heavy atom. The fourth-order valence-corrected chi connectivity index (χ4v) is 2.04. The van der Waals surface area contributed by atoms with Crippen LogP contribution in [0.15, 0.2) is 18.2 Å². The predicted molar refractivity (Wildman–Crippen MR) is 66.6 cm³/mol. The minimum Gasteiger partial charge on any atom is -0.379 e. The zero-order chi connectivity index (χ0) is 11.6. The number of rotatable bonds is 3. The van der Waals surface area contributed by atoms with Crippen molar-refractivity contribution in [1.29, 1.82) is 0 Å². The fraction of sp³-hybridized carbons (Fsp3) is 0.571. The van der Waals surface area contributed by atoms with E-state index in [0.29, 0.717) is 0 Å². The average molecular weight is 219 g/mol. The van der Waals surface area contributed by atoms with Crippen LogP contribution in [0.4, 0.5) is 0 Å². The van der Waals surface area contributed by atoms with Crippen molar-refractivity contribution in [2.75, 3.05) is 13.2 Å². The summed E-state index contributed by atoms with van der Waals surface area (Å²) >= 11 is 0. The van der Waals surface area contributed by atoms with Gasteiger partial charge in [-0.25, -0.2) is 0 Å². The second-order valence-corrected chi connectivity index (χ2v) is 5.14. The normalized spacial score (nSPS) is 24.9. The molecule has 1 atom stereocenters. The van der Waals surface area contributed by atoms with E-state index in [4.69, 9.17) is 4.74 Å². The van der Waals surface area contributed by atoms with E-state index in [0.717, 1.165) is 26.2 Å². The van der Waals surface area contributed by atoms with E-state index >= 15 is 0 Å². The quantitative estimate of drug-likeness (QED) is 0.843. The molecule has 88 valence electrons. The maximum atomic E-state index is 5.43. The predicted octanol–water partition coefficient (Wildman–Crippen LogP) is 2.57. The maximum absolute atomic E-state index is 5.43. The Balaban J connectivity index is 1.96. The van der Waals surface area contributed by atoms with Gasteiger partial charge in [0, 0.05) is 18.7 Å². The van der Waals surface area contributed by atoms with Gasteiger partial charge < -0.3 is 10.1 Å². The largest absolute Gasteiger partial charge is 0.379 e. The molecule has 0 saturated carbocycles. The molecule has 0 amide bonds. The Labute approximate surface area is 98.0 Å². The highest BCUT2D eigenvalue weighted by Crippen LogP contribution is 2.18. The van der Waals surface area contributed by atoms with Crippen LogP contribution in [-0.4, -0.2) is 18.8 Å². The summed E-state index contributed by atoms with van der Waals surface area (Å²) in [6.45, 7) is 9.20. The van der Waals surface area contributed by atoms with Crippen LogP contribution in [0.25, 0.3) is 0 Å². The van der Waals surface area contributed by atoms with Crippen LogP contribution in [0.1, 0.15) is 30.0 Å². The molecule has 0 aromatic heterocycles. The van der Waals surface area contributed by atoms with E-state index in [1.165, 1.54) is 16.7 Å². The Morgan fingerprint density at radius 2 is 2.12 bits per heavy atom. The molecule has 0 radical (unpaired) electrons. The van der Waals surface area contributed by atoms with Crippen LogP contribution in [0.2, 0.25) is 0 Å². The van der Waals surface area contributed by atoms with Gasteiger partial charge in [0.25, 0.3) is 0 Å². The lowest BCUT2D eigenvalue weighted by atomic mass is 10.0. The van der Waals surface area contributed by atoms with Gasteiger partial charge in [-0.2, -0.15) is 0 Å². The first-order valence-electron chi connectivity index (χ1n) is 5.98. The standard InChI is InChI=1S/C14H21NO/c1-11-4-5-13(8-12(11)2)9-15-14(3)6-7-16-10-14/h4-5,8,15H,6-7,9-10H2,1-3H3. The van der Waals surface area contributed by atoms with Crippen molar-refractivity contribution in [3.63, 3.8) is 0 Å². The van der Waals surface area contributed by atoms with Crippen LogP contribution in [0, 0.1) is 13.8 Å². The molecular formula is C14H21NO. The summed E-state index contributed by atoms with van der Waals surface area (Å²) in [6.07, 6.45) is 1.11. The highest BCUT2D eigenvalue weighted by atomic mass is 16.5. The minimum absolute atomic E-state index is 0.165. The van der Waals surface area contributed by atoms with Crippen molar-refractivity contribution in [3.05, 3.63) is 34.9 Å². The van der Waals surface area contributed by atoms with E-state index in [2.05, 4.69) is 44.3 Å². The summed E-state index contributed by atoms with van der Waals surface area (Å²) in [4.78, 5) is 0. The highest BCUT2D eigenvalue weighted by molar-refractivity contribution is 5.29. The molecule has 2 rings (SSSR count). The van der Waals surface area contributed by atoms with Crippen molar-refractivity contribution in [2.45, 2.75) is 39.3 Å². The SMILES string of the molecule is Cc1ccc(CNC2(C)CCOC2)cc1C. The number of aryl methyl sites for hydroxylation is 2. The number of hydrogen-bond donors (Lipinski definition) is 1. The second kappa shape index (κ2) is 4.56. The average Bonchev–Trinajstić information content (AvgIpc) is 2.68. The molecule has 1 aliphatic heterocycles. The topological polar surface area (TPSA) is 21.3 Å². The Morgan fingerprint density at radius 3 is 2.75 bits per heavy atom. The summed E-state index contributed by atoms with van der Waals surface area (Å²) in [6, 6.07) is 6.66. The fourth-order valence-electron chi connectivity index (χ4n) is 2.04. The van der Waals surface area contributed by atoms with Gasteiger partial charge in [0.1, 0.15) is 0 Å². The lowest BCUT2D eigenvalue weighted by Crippen LogP contribution is -2.42. The Hall–Kier alpha value is -0.860. The van der Waals surface area contributed by atoms with Gasteiger partial charge in [-0.05, 0) is 43.9 Å². The summed E-state index contributed by atoms with van der Waals surface area (Å²) < 4.78 is 5.43. The molecule has 0 bridgehead atoms. The summed E-state index contributed by atoms with van der Waals surface area (Å²) in [5.41, 5.74) is 4.25. The molecule has 2 heteroatoms. The molecular weight excluding hydrogens is 198 g/mol. The lowest BCUT2D eigenvalue weighted by Gasteiger charge is -2.23. The highest BCUT2D eigenvalue weighted by Gasteiger charge is 2.28. The molecule has 0 aliphatic carbocycles. The monoisotopic (exact) mass is 219 g/mol. The van der Waals surface area contributed by atoms with Crippen LogP contribution in [0.3, 0.4) is 0 Å². The van der Waals surface area contributed by atoms with Crippen LogP contribution in [0.5, 0.6) is 0 Å². The summed E-state index contributed by atoms with van der Waals surface area (Å²) in [5.74, 6) is 0. The van der Waals surface area contributed by atoms with Gasteiger partial charge in [-0.15, -0.1) is 0 Å². The molecule has 16 heavy (non-hydrogen) atoms. The van der Waals surface area contributed by atoms with Crippen molar-refractivity contribution >= 4 is 0 Å². The zero-order valence-corrected chi connectivity index (χ0v) is 10.5. The third-order valence-corrected chi connectivity index (χ3v) is 3.51. The van der Waals surface area contributed by atoms with Gasteiger partial charge in [-0.1, -0.05) is 18.2 Å². The van der Waals surface area contributed by atoms with Crippen LogP contribution >= 0.6 is 0 Å². The van der Waals surface area contributed by atoms with Crippen molar-refractivity contribution in [2.24, 2.45) is 0 Å². The third kappa shape index (κ3) is 2.63. The van der Waals surface area contributed by atoms with E-state index < -0.39 is 0 Å². The number of benzene rings is 1. The first-order chi connectivity index (χ1) is 7.59. The molecule has 1 fully saturated rings. The van der Waals surface area contributed by atoms with Gasteiger partial charge in [0.2, 0.25) is 0 Å². The number of nitrogens with one attached hydrogen (secondary N) is 1. The van der Waals surface area contributed by atoms with Gasteiger partial charge in [0.05, 0.1) is 6.61 Å². The summed E-state index contributed by atoms with van der Waals surface area (Å²) in [5, 5.41) is 3.60. The Kier molecular flexibility index (Phi) is 3.31. The van der Waals surface area contributed by atoms with Gasteiger partial charge in [0.15, 0.2) is 0 Å². The van der Waals surface area contributed by atoms with Crippen LogP contribution in [-0.2, 0) is 11.3 Å². The zero-order valence-electron chi connectivity index (χ0n) is 10.5. The van der Waals surface area contributed by atoms with Crippen LogP contribution < -0.4 is 5.32 Å². The molecule has 1 aromatic carbocycles. The molecule has 0 spiro atoms. The molecule has 1 aromatic rings. The molecule has 1 saturated heterocycles. The van der Waals surface area contributed by atoms with E-state index in [9.17, 15) is 0 Å². The van der Waals surface area contributed by atoms with E-state index in [1.54, 1.807) is 0 Å². The lowest BCUT2D eigenvalue weighted by molar-refractivity contribution is 0.171. The maximum Gasteiger partial charge on any atom is 0.0646 e. The molecule has 1 unspecified atom stereocenters. The molecule has 2 nitrogen and oxygen atoms in total. The van der Waals surface area contributed by atoms with Crippen molar-refractivity contribution < 1.29 is 4.74 Å². The molecule has 1 heterocycles. The van der Waals surface area contributed by atoms with Crippen molar-refractivity contribution in [1.82, 2.24) is 5.32 Å². The molecule has 1 N–H and O–H groups in total. The summed E-state index contributed by atoms with van der Waals surface area (Å²) in [7, 11) is 0. The van der Waals surface area contributed by atoms with Gasteiger partial charge in [-0.3, -0.25) is 0 Å². The third-order valence-electron chi connectivity index (χ3n) is 3.51. The number of ether oxygens (including phenoxy) is 1.